The molecule has 0 aliphatic carbocycles. The second kappa shape index (κ2) is 10.6. The number of hydrogen-bond donors (Lipinski definition) is 2. The molecular formula is C17H29NO3. The van der Waals surface area contributed by atoms with E-state index in [-0.39, 0.29) is 0 Å². The first-order chi connectivity index (χ1) is 10.1. The molecular weight excluding hydrogens is 266 g/mol. The van der Waals surface area contributed by atoms with Crippen LogP contribution < -0.4 is 10.1 Å². The molecule has 21 heavy (non-hydrogen) atoms. The van der Waals surface area contributed by atoms with Crippen molar-refractivity contribution < 1.29 is 14.6 Å². The Bertz CT molecular complexity index is 396. The lowest BCUT2D eigenvalue weighted by Gasteiger charge is -2.15. The fourth-order valence-electron chi connectivity index (χ4n) is 2.05. The van der Waals surface area contributed by atoms with Crippen LogP contribution in [-0.2, 0) is 4.74 Å². The molecule has 0 aliphatic heterocycles. The Balaban J connectivity index is 2.11. The van der Waals surface area contributed by atoms with Gasteiger partial charge in [0.1, 0.15) is 18.5 Å². The molecule has 0 bridgehead atoms. The molecule has 0 fully saturated rings. The van der Waals surface area contributed by atoms with Crippen LogP contribution in [0.5, 0.6) is 5.75 Å². The SMILES string of the molecule is COCCCCCNCC(O)COc1cc(C)ccc1C. The van der Waals surface area contributed by atoms with Crippen molar-refractivity contribution in [3.8, 4) is 5.75 Å². The maximum absolute atomic E-state index is 9.90. The number of unbranched alkanes of at least 4 members (excludes halogenated alkanes) is 2. The lowest BCUT2D eigenvalue weighted by molar-refractivity contribution is 0.106. The van der Waals surface area contributed by atoms with Crippen LogP contribution in [0.2, 0.25) is 0 Å². The molecule has 0 aliphatic rings. The Morgan fingerprint density at radius 1 is 1.19 bits per heavy atom. The standard InChI is InChI=1S/C17H29NO3/c1-14-7-8-15(2)17(11-14)21-13-16(19)12-18-9-5-4-6-10-20-3/h7-8,11,16,18-19H,4-6,9-10,12-13H2,1-3H3. The summed E-state index contributed by atoms with van der Waals surface area (Å²) in [5.74, 6) is 0.855. The number of ether oxygens (including phenoxy) is 2. The molecule has 2 N–H and O–H groups in total. The van der Waals surface area contributed by atoms with Crippen LogP contribution in [0, 0.1) is 13.8 Å². The van der Waals surface area contributed by atoms with Crippen LogP contribution in [0.15, 0.2) is 18.2 Å². The fraction of sp³-hybridized carbons (Fsp3) is 0.647. The van der Waals surface area contributed by atoms with Gasteiger partial charge in [-0.1, -0.05) is 12.1 Å². The van der Waals surface area contributed by atoms with Crippen molar-refractivity contribution in [3.05, 3.63) is 29.3 Å². The average Bonchev–Trinajstić information content (AvgIpc) is 2.47. The van der Waals surface area contributed by atoms with Crippen molar-refractivity contribution in [2.24, 2.45) is 0 Å². The summed E-state index contributed by atoms with van der Waals surface area (Å²) in [4.78, 5) is 0. The van der Waals surface area contributed by atoms with Gasteiger partial charge in [0, 0.05) is 20.3 Å². The molecule has 1 rings (SSSR count). The minimum Gasteiger partial charge on any atom is -0.491 e. The molecule has 0 aromatic heterocycles. The van der Waals surface area contributed by atoms with Gasteiger partial charge in [-0.15, -0.1) is 0 Å². The number of benzene rings is 1. The monoisotopic (exact) mass is 295 g/mol. The first-order valence-electron chi connectivity index (χ1n) is 7.71. The smallest absolute Gasteiger partial charge is 0.122 e. The van der Waals surface area contributed by atoms with Gasteiger partial charge in [-0.05, 0) is 56.8 Å². The van der Waals surface area contributed by atoms with E-state index in [0.717, 1.165) is 43.7 Å². The van der Waals surface area contributed by atoms with Gasteiger partial charge in [0.2, 0.25) is 0 Å². The lowest BCUT2D eigenvalue weighted by Crippen LogP contribution is -2.32. The maximum atomic E-state index is 9.90. The van der Waals surface area contributed by atoms with Gasteiger partial charge < -0.3 is 19.9 Å². The number of rotatable bonds is 11. The second-order valence-corrected chi connectivity index (χ2v) is 5.49. The normalized spacial score (nSPS) is 12.4. The van der Waals surface area contributed by atoms with Crippen LogP contribution in [0.1, 0.15) is 30.4 Å². The van der Waals surface area contributed by atoms with E-state index in [1.807, 2.05) is 26.0 Å². The van der Waals surface area contributed by atoms with Crippen molar-refractivity contribution in [1.29, 1.82) is 0 Å². The molecule has 0 amide bonds. The van der Waals surface area contributed by atoms with Gasteiger partial charge in [-0.2, -0.15) is 0 Å². The third kappa shape index (κ3) is 8.05. The highest BCUT2D eigenvalue weighted by molar-refractivity contribution is 5.35. The van der Waals surface area contributed by atoms with Crippen LogP contribution in [-0.4, -0.2) is 44.6 Å². The second-order valence-electron chi connectivity index (χ2n) is 5.49. The topological polar surface area (TPSA) is 50.7 Å². The van der Waals surface area contributed by atoms with Crippen molar-refractivity contribution in [2.45, 2.75) is 39.2 Å². The summed E-state index contributed by atoms with van der Waals surface area (Å²) in [6.45, 7) is 6.68. The van der Waals surface area contributed by atoms with E-state index in [2.05, 4.69) is 11.4 Å². The zero-order valence-corrected chi connectivity index (χ0v) is 13.5. The number of aliphatic hydroxyl groups excluding tert-OH is 1. The van der Waals surface area contributed by atoms with Crippen molar-refractivity contribution in [1.82, 2.24) is 5.32 Å². The summed E-state index contributed by atoms with van der Waals surface area (Å²) >= 11 is 0. The van der Waals surface area contributed by atoms with Crippen LogP contribution >= 0.6 is 0 Å². The molecule has 120 valence electrons. The average molecular weight is 295 g/mol. The van der Waals surface area contributed by atoms with E-state index < -0.39 is 6.10 Å². The Morgan fingerprint density at radius 3 is 2.76 bits per heavy atom. The van der Waals surface area contributed by atoms with Crippen LogP contribution in [0.25, 0.3) is 0 Å². The minimum atomic E-state index is -0.483. The Kier molecular flexibility index (Phi) is 9.06. The molecule has 1 aromatic rings. The molecule has 0 spiro atoms. The first kappa shape index (κ1) is 18.0. The van der Waals surface area contributed by atoms with E-state index in [0.29, 0.717) is 13.2 Å². The Labute approximate surface area is 128 Å². The van der Waals surface area contributed by atoms with Gasteiger partial charge in [-0.3, -0.25) is 0 Å². The van der Waals surface area contributed by atoms with E-state index in [1.165, 1.54) is 5.56 Å². The third-order valence-electron chi connectivity index (χ3n) is 3.36. The van der Waals surface area contributed by atoms with E-state index in [1.54, 1.807) is 7.11 Å². The maximum Gasteiger partial charge on any atom is 0.122 e. The van der Waals surface area contributed by atoms with Gasteiger partial charge in [-0.25, -0.2) is 0 Å². The minimum absolute atomic E-state index is 0.320. The van der Waals surface area contributed by atoms with Crippen LogP contribution in [0.3, 0.4) is 0 Å². The number of hydrogen-bond acceptors (Lipinski definition) is 4. The third-order valence-corrected chi connectivity index (χ3v) is 3.36. The van der Waals surface area contributed by atoms with Crippen molar-refractivity contribution in [2.75, 3.05) is 33.4 Å². The molecule has 0 saturated carbocycles. The molecule has 1 atom stereocenters. The number of aryl methyl sites for hydroxylation is 2. The predicted molar refractivity (Wildman–Crippen MR) is 86.0 cm³/mol. The molecule has 1 unspecified atom stereocenters. The number of aliphatic hydroxyl groups is 1. The van der Waals surface area contributed by atoms with E-state index in [9.17, 15) is 5.11 Å². The summed E-state index contributed by atoms with van der Waals surface area (Å²) in [5, 5.41) is 13.2. The van der Waals surface area contributed by atoms with Gasteiger partial charge >= 0.3 is 0 Å². The predicted octanol–water partition coefficient (Wildman–Crippen LogP) is 2.45. The molecule has 0 radical (unpaired) electrons. The van der Waals surface area contributed by atoms with Gasteiger partial charge in [0.05, 0.1) is 0 Å². The van der Waals surface area contributed by atoms with Crippen molar-refractivity contribution >= 4 is 0 Å². The first-order valence-corrected chi connectivity index (χ1v) is 7.71. The lowest BCUT2D eigenvalue weighted by atomic mass is 10.1. The van der Waals surface area contributed by atoms with E-state index >= 15 is 0 Å². The molecule has 4 heteroatoms. The summed E-state index contributed by atoms with van der Waals surface area (Å²) in [5.41, 5.74) is 2.26. The Morgan fingerprint density at radius 2 is 2.00 bits per heavy atom. The number of nitrogens with one attached hydrogen (secondary N) is 1. The Hall–Kier alpha value is -1.10. The largest absolute Gasteiger partial charge is 0.491 e. The van der Waals surface area contributed by atoms with E-state index in [4.69, 9.17) is 9.47 Å². The summed E-state index contributed by atoms with van der Waals surface area (Å²) < 4.78 is 10.7. The highest BCUT2D eigenvalue weighted by Crippen LogP contribution is 2.19. The highest BCUT2D eigenvalue weighted by atomic mass is 16.5. The summed E-state index contributed by atoms with van der Waals surface area (Å²) in [6.07, 6.45) is 2.87. The van der Waals surface area contributed by atoms with Gasteiger partial charge in [0.25, 0.3) is 0 Å². The molecule has 4 nitrogen and oxygen atoms in total. The highest BCUT2D eigenvalue weighted by Gasteiger charge is 2.06. The van der Waals surface area contributed by atoms with Gasteiger partial charge in [0.15, 0.2) is 0 Å². The summed E-state index contributed by atoms with van der Waals surface area (Å²) in [6, 6.07) is 6.10. The zero-order valence-electron chi connectivity index (χ0n) is 13.5. The molecule has 0 heterocycles. The fourth-order valence-corrected chi connectivity index (χ4v) is 2.05. The molecule has 0 saturated heterocycles. The zero-order chi connectivity index (χ0) is 15.5. The molecule has 1 aromatic carbocycles. The van der Waals surface area contributed by atoms with Crippen LogP contribution in [0.4, 0.5) is 0 Å². The van der Waals surface area contributed by atoms with Crippen molar-refractivity contribution in [3.63, 3.8) is 0 Å². The summed E-state index contributed by atoms with van der Waals surface area (Å²) in [7, 11) is 1.73. The number of methoxy groups -OCH3 is 1. The quantitative estimate of drug-likeness (QED) is 0.616.